The minimum atomic E-state index is -0.681. The second-order valence-electron chi connectivity index (χ2n) is 7.29. The molecule has 1 unspecified atom stereocenters. The van der Waals surface area contributed by atoms with Gasteiger partial charge in [-0.2, -0.15) is 5.10 Å². The number of carboxylic acids is 1. The molecular weight excluding hydrogens is 462 g/mol. The maximum atomic E-state index is 13.7. The van der Waals surface area contributed by atoms with Crippen molar-refractivity contribution in [1.82, 2.24) is 14.8 Å². The molecule has 0 amide bonds. The van der Waals surface area contributed by atoms with Gasteiger partial charge in [0.2, 0.25) is 0 Å². The van der Waals surface area contributed by atoms with Gasteiger partial charge in [0.15, 0.2) is 0 Å². The Bertz CT molecular complexity index is 1070. The zero-order valence-corrected chi connectivity index (χ0v) is 16.6. The number of hydrogen-bond donors (Lipinski definition) is 1. The van der Waals surface area contributed by atoms with Crippen molar-refractivity contribution in [2.24, 2.45) is 17.8 Å². The van der Waals surface area contributed by atoms with E-state index in [1.807, 2.05) is 19.1 Å². The fourth-order valence-electron chi connectivity index (χ4n) is 4.32. The van der Waals surface area contributed by atoms with Crippen LogP contribution in [0, 0.1) is 34.2 Å². The first-order chi connectivity index (χ1) is 12.9. The molecule has 3 aromatic rings. The summed E-state index contributed by atoms with van der Waals surface area (Å²) < 4.78 is 16.3. The van der Waals surface area contributed by atoms with E-state index in [9.17, 15) is 9.18 Å². The van der Waals surface area contributed by atoms with Crippen molar-refractivity contribution < 1.29 is 14.3 Å². The van der Waals surface area contributed by atoms with Gasteiger partial charge in [0, 0.05) is 18.5 Å². The summed E-state index contributed by atoms with van der Waals surface area (Å²) in [5.41, 5.74) is 2.51. The smallest absolute Gasteiger partial charge is 0.307 e. The van der Waals surface area contributed by atoms with Crippen molar-refractivity contribution in [3.8, 4) is 5.69 Å². The number of pyridine rings is 1. The van der Waals surface area contributed by atoms with Gasteiger partial charge in [0.25, 0.3) is 0 Å². The number of aromatic nitrogens is 3. The molecule has 0 bridgehead atoms. The Morgan fingerprint density at radius 2 is 2.04 bits per heavy atom. The maximum Gasteiger partial charge on any atom is 0.307 e. The van der Waals surface area contributed by atoms with E-state index in [1.165, 1.54) is 12.1 Å². The molecule has 1 N–H and O–H groups in total. The van der Waals surface area contributed by atoms with Crippen LogP contribution in [-0.4, -0.2) is 38.9 Å². The standard InChI is InChI=1S/C19H16FIN4O2/c1-9-4-10(20)5-12-17(9)25(23-18(12)21)11-2-3-15(22-6-11)24-7-13-14(8-24)16(13)19(26)27/h2-6,13-14,16H,7-8H2,1H3,(H,26,27)/t13-,14+,16?. The van der Waals surface area contributed by atoms with Crippen LogP contribution in [0.2, 0.25) is 0 Å². The van der Waals surface area contributed by atoms with Crippen LogP contribution < -0.4 is 4.90 Å². The Morgan fingerprint density at radius 1 is 1.30 bits per heavy atom. The van der Waals surface area contributed by atoms with Crippen molar-refractivity contribution in [3.05, 3.63) is 45.5 Å². The molecule has 2 fully saturated rings. The maximum absolute atomic E-state index is 13.7. The molecule has 1 saturated heterocycles. The lowest BCUT2D eigenvalue weighted by molar-refractivity contribution is -0.139. The van der Waals surface area contributed by atoms with Crippen LogP contribution in [0.25, 0.3) is 16.6 Å². The first kappa shape index (κ1) is 16.9. The third-order valence-electron chi connectivity index (χ3n) is 5.67. The fourth-order valence-corrected chi connectivity index (χ4v) is 4.95. The highest BCUT2D eigenvalue weighted by Crippen LogP contribution is 2.52. The Balaban J connectivity index is 1.44. The zero-order valence-electron chi connectivity index (χ0n) is 14.4. The second-order valence-corrected chi connectivity index (χ2v) is 8.31. The number of carboxylic acid groups (broad SMARTS) is 1. The Morgan fingerprint density at radius 3 is 2.67 bits per heavy atom. The number of carbonyl (C=O) groups is 1. The summed E-state index contributed by atoms with van der Waals surface area (Å²) in [6.45, 7) is 3.36. The largest absolute Gasteiger partial charge is 0.481 e. The molecule has 0 spiro atoms. The Labute approximate surface area is 168 Å². The third kappa shape index (κ3) is 2.60. The molecule has 1 saturated carbocycles. The molecule has 2 aliphatic rings. The molecular formula is C19H16FIN4O2. The molecule has 8 heteroatoms. The summed E-state index contributed by atoms with van der Waals surface area (Å²) in [4.78, 5) is 17.8. The average molecular weight is 478 g/mol. The number of aliphatic carboxylic acids is 1. The van der Waals surface area contributed by atoms with Gasteiger partial charge in [-0.25, -0.2) is 14.1 Å². The van der Waals surface area contributed by atoms with Gasteiger partial charge in [-0.15, -0.1) is 0 Å². The lowest BCUT2D eigenvalue weighted by atomic mass is 10.1. The van der Waals surface area contributed by atoms with E-state index in [0.717, 1.165) is 44.8 Å². The molecule has 27 heavy (non-hydrogen) atoms. The SMILES string of the molecule is Cc1cc(F)cc2c(I)nn(-c3ccc(N4C[C@@H]5C(C(=O)O)[C@@H]5C4)nc3)c12. The van der Waals surface area contributed by atoms with Gasteiger partial charge < -0.3 is 10.0 Å². The summed E-state index contributed by atoms with van der Waals surface area (Å²) in [6.07, 6.45) is 1.76. The monoisotopic (exact) mass is 478 g/mol. The topological polar surface area (TPSA) is 71.2 Å². The van der Waals surface area contributed by atoms with Gasteiger partial charge in [-0.05, 0) is 71.2 Å². The fraction of sp³-hybridized carbons (Fsp3) is 0.316. The third-order valence-corrected chi connectivity index (χ3v) is 6.46. The number of hydrogen-bond acceptors (Lipinski definition) is 4. The molecule has 6 nitrogen and oxygen atoms in total. The molecule has 0 radical (unpaired) electrons. The number of aryl methyl sites for hydroxylation is 1. The van der Waals surface area contributed by atoms with Crippen molar-refractivity contribution in [2.75, 3.05) is 18.0 Å². The minimum absolute atomic E-state index is 0.179. The van der Waals surface area contributed by atoms with Crippen LogP contribution in [0.1, 0.15) is 5.56 Å². The van der Waals surface area contributed by atoms with Crippen LogP contribution >= 0.6 is 22.6 Å². The van der Waals surface area contributed by atoms with E-state index in [0.29, 0.717) is 0 Å². The van der Waals surface area contributed by atoms with Gasteiger partial charge in [-0.1, -0.05) is 0 Å². The number of fused-ring (bicyclic) bond motifs is 2. The minimum Gasteiger partial charge on any atom is -0.481 e. The lowest BCUT2D eigenvalue weighted by Crippen LogP contribution is -2.26. The number of nitrogens with zero attached hydrogens (tertiary/aromatic N) is 4. The van der Waals surface area contributed by atoms with Crippen molar-refractivity contribution in [2.45, 2.75) is 6.92 Å². The number of benzene rings is 1. The van der Waals surface area contributed by atoms with Gasteiger partial charge in [-0.3, -0.25) is 4.79 Å². The van der Waals surface area contributed by atoms with E-state index in [1.54, 1.807) is 10.9 Å². The average Bonchev–Trinajstić information content (AvgIpc) is 2.96. The summed E-state index contributed by atoms with van der Waals surface area (Å²) in [7, 11) is 0. The number of piperidine rings is 1. The summed E-state index contributed by atoms with van der Waals surface area (Å²) >= 11 is 2.12. The predicted octanol–water partition coefficient (Wildman–Crippen LogP) is 3.24. The van der Waals surface area contributed by atoms with Crippen molar-refractivity contribution >= 4 is 45.3 Å². The normalized spacial score (nSPS) is 23.7. The predicted molar refractivity (Wildman–Crippen MR) is 107 cm³/mol. The molecule has 1 aromatic carbocycles. The highest BCUT2D eigenvalue weighted by Gasteiger charge is 2.59. The lowest BCUT2D eigenvalue weighted by Gasteiger charge is -2.20. The van der Waals surface area contributed by atoms with E-state index < -0.39 is 5.97 Å². The first-order valence-electron chi connectivity index (χ1n) is 8.72. The van der Waals surface area contributed by atoms with Gasteiger partial charge in [0.05, 0.1) is 23.3 Å². The summed E-state index contributed by atoms with van der Waals surface area (Å²) in [5, 5.41) is 14.5. The van der Waals surface area contributed by atoms with E-state index >= 15 is 0 Å². The van der Waals surface area contributed by atoms with Crippen molar-refractivity contribution in [3.63, 3.8) is 0 Å². The summed E-state index contributed by atoms with van der Waals surface area (Å²) in [6, 6.07) is 6.90. The van der Waals surface area contributed by atoms with E-state index in [4.69, 9.17) is 5.11 Å². The zero-order chi connectivity index (χ0) is 18.9. The number of halogens is 2. The summed E-state index contributed by atoms with van der Waals surface area (Å²) in [5.74, 6) is 0.222. The van der Waals surface area contributed by atoms with Crippen LogP contribution in [-0.2, 0) is 4.79 Å². The Hall–Kier alpha value is -2.23. The number of rotatable bonds is 3. The highest BCUT2D eigenvalue weighted by molar-refractivity contribution is 14.1. The molecule has 1 aliphatic heterocycles. The van der Waals surface area contributed by atoms with Crippen LogP contribution in [0.15, 0.2) is 30.5 Å². The molecule has 138 valence electrons. The molecule has 5 rings (SSSR count). The molecule has 3 atom stereocenters. The first-order valence-corrected chi connectivity index (χ1v) is 9.80. The van der Waals surface area contributed by atoms with Crippen LogP contribution in [0.3, 0.4) is 0 Å². The van der Waals surface area contributed by atoms with Gasteiger partial charge in [0.1, 0.15) is 15.3 Å². The van der Waals surface area contributed by atoms with E-state index in [2.05, 4.69) is 37.6 Å². The highest BCUT2D eigenvalue weighted by atomic mass is 127. The van der Waals surface area contributed by atoms with Crippen molar-refractivity contribution in [1.29, 1.82) is 0 Å². The van der Waals surface area contributed by atoms with Crippen LogP contribution in [0.4, 0.5) is 10.2 Å². The van der Waals surface area contributed by atoms with E-state index in [-0.39, 0.29) is 23.6 Å². The molecule has 3 heterocycles. The number of anilines is 1. The molecule has 1 aliphatic carbocycles. The van der Waals surface area contributed by atoms with Crippen LogP contribution in [0.5, 0.6) is 0 Å². The van der Waals surface area contributed by atoms with Gasteiger partial charge >= 0.3 is 5.97 Å². The Kier molecular flexibility index (Phi) is 3.68. The molecule has 2 aromatic heterocycles. The second kappa shape index (κ2) is 5.88. The quantitative estimate of drug-likeness (QED) is 0.586.